The summed E-state index contributed by atoms with van der Waals surface area (Å²) in [7, 11) is 0. The van der Waals surface area contributed by atoms with Gasteiger partial charge in [-0.05, 0) is 49.6 Å². The number of fused-ring (bicyclic) bond motifs is 1. The molecule has 2 atom stereocenters. The van der Waals surface area contributed by atoms with Crippen LogP contribution < -0.4 is 19.5 Å². The van der Waals surface area contributed by atoms with Gasteiger partial charge in [0.05, 0.1) is 6.04 Å². The molecule has 0 radical (unpaired) electrons. The Hall–Kier alpha value is -2.69. The third-order valence-electron chi connectivity index (χ3n) is 4.45. The molecule has 0 aliphatic carbocycles. The van der Waals surface area contributed by atoms with Crippen molar-refractivity contribution >= 4 is 5.91 Å². The number of nitrogens with one attached hydrogen (secondary N) is 1. The SMILES string of the molecule is CCc1ccccc1O[C@H](C)C(=O)N[C@H](C)c1ccc2c(c1)OCCO2. The molecule has 0 unspecified atom stereocenters. The second-order valence-electron chi connectivity index (χ2n) is 6.35. The Morgan fingerprint density at radius 3 is 2.62 bits per heavy atom. The summed E-state index contributed by atoms with van der Waals surface area (Å²) in [5, 5.41) is 3.00. The lowest BCUT2D eigenvalue weighted by molar-refractivity contribution is -0.127. The summed E-state index contributed by atoms with van der Waals surface area (Å²) in [6, 6.07) is 13.4. The van der Waals surface area contributed by atoms with Crippen LogP contribution in [0.25, 0.3) is 0 Å². The van der Waals surface area contributed by atoms with E-state index in [1.807, 2.05) is 49.4 Å². The predicted molar refractivity (Wildman–Crippen MR) is 99.9 cm³/mol. The molecule has 0 spiro atoms. The molecule has 5 heteroatoms. The first-order valence-electron chi connectivity index (χ1n) is 9.03. The van der Waals surface area contributed by atoms with Gasteiger partial charge in [-0.2, -0.15) is 0 Å². The third-order valence-corrected chi connectivity index (χ3v) is 4.45. The number of amides is 1. The zero-order valence-corrected chi connectivity index (χ0v) is 15.5. The summed E-state index contributed by atoms with van der Waals surface area (Å²) in [5.41, 5.74) is 2.05. The van der Waals surface area contributed by atoms with E-state index in [1.165, 1.54) is 0 Å². The average molecular weight is 355 g/mol. The fraction of sp³-hybridized carbons (Fsp3) is 0.381. The summed E-state index contributed by atoms with van der Waals surface area (Å²) >= 11 is 0. The summed E-state index contributed by atoms with van der Waals surface area (Å²) in [6.45, 7) is 6.87. The summed E-state index contributed by atoms with van der Waals surface area (Å²) in [5.74, 6) is 2.06. The molecule has 1 aliphatic heterocycles. The van der Waals surface area contributed by atoms with Gasteiger partial charge < -0.3 is 19.5 Å². The number of carbonyl (C=O) groups excluding carboxylic acids is 1. The molecule has 0 fully saturated rings. The van der Waals surface area contributed by atoms with Gasteiger partial charge in [0.2, 0.25) is 0 Å². The highest BCUT2D eigenvalue weighted by atomic mass is 16.6. The number of carbonyl (C=O) groups is 1. The van der Waals surface area contributed by atoms with E-state index in [1.54, 1.807) is 6.92 Å². The molecule has 1 amide bonds. The second kappa shape index (κ2) is 8.13. The second-order valence-corrected chi connectivity index (χ2v) is 6.35. The Labute approximate surface area is 154 Å². The van der Waals surface area contributed by atoms with Gasteiger partial charge in [-0.3, -0.25) is 4.79 Å². The van der Waals surface area contributed by atoms with Gasteiger partial charge >= 0.3 is 0 Å². The molecule has 26 heavy (non-hydrogen) atoms. The highest BCUT2D eigenvalue weighted by Gasteiger charge is 2.20. The molecule has 1 heterocycles. The lowest BCUT2D eigenvalue weighted by atomic mass is 10.1. The van der Waals surface area contributed by atoms with E-state index in [9.17, 15) is 4.79 Å². The van der Waals surface area contributed by atoms with Crippen LogP contribution in [0.3, 0.4) is 0 Å². The molecular weight excluding hydrogens is 330 g/mol. The number of ether oxygens (including phenoxy) is 3. The standard InChI is InChI=1S/C21H25NO4/c1-4-16-7-5-6-8-18(16)26-15(3)21(23)22-14(2)17-9-10-19-20(13-17)25-12-11-24-19/h5-10,13-15H,4,11-12H2,1-3H3,(H,22,23)/t14-,15-/m1/s1. The van der Waals surface area contributed by atoms with Crippen LogP contribution >= 0.6 is 0 Å². The Morgan fingerprint density at radius 2 is 1.85 bits per heavy atom. The third kappa shape index (κ3) is 4.10. The number of rotatable bonds is 6. The van der Waals surface area contributed by atoms with Crippen LogP contribution in [0.4, 0.5) is 0 Å². The Kier molecular flexibility index (Phi) is 5.66. The minimum atomic E-state index is -0.581. The predicted octanol–water partition coefficient (Wildman–Crippen LogP) is 3.66. The van der Waals surface area contributed by atoms with Crippen LogP contribution in [0.2, 0.25) is 0 Å². The molecule has 5 nitrogen and oxygen atoms in total. The highest BCUT2D eigenvalue weighted by Crippen LogP contribution is 2.32. The fourth-order valence-corrected chi connectivity index (χ4v) is 2.90. The molecule has 0 aromatic heterocycles. The van der Waals surface area contributed by atoms with Crippen LogP contribution in [-0.2, 0) is 11.2 Å². The monoisotopic (exact) mass is 355 g/mol. The van der Waals surface area contributed by atoms with E-state index in [0.717, 1.165) is 34.8 Å². The molecule has 3 rings (SSSR count). The van der Waals surface area contributed by atoms with Crippen molar-refractivity contribution in [2.75, 3.05) is 13.2 Å². The van der Waals surface area contributed by atoms with Crippen molar-refractivity contribution in [1.82, 2.24) is 5.32 Å². The minimum Gasteiger partial charge on any atom is -0.486 e. The molecule has 2 aromatic carbocycles. The molecule has 1 aliphatic rings. The van der Waals surface area contributed by atoms with E-state index in [0.29, 0.717) is 13.2 Å². The highest BCUT2D eigenvalue weighted by molar-refractivity contribution is 5.81. The maximum atomic E-state index is 12.5. The molecule has 0 saturated carbocycles. The van der Waals surface area contributed by atoms with Gasteiger partial charge in [-0.15, -0.1) is 0 Å². The van der Waals surface area contributed by atoms with Crippen LogP contribution in [0.5, 0.6) is 17.2 Å². The van der Waals surface area contributed by atoms with Crippen molar-refractivity contribution in [1.29, 1.82) is 0 Å². The maximum Gasteiger partial charge on any atom is 0.261 e. The first kappa shape index (κ1) is 18.1. The van der Waals surface area contributed by atoms with Crippen LogP contribution in [0, 0.1) is 0 Å². The van der Waals surface area contributed by atoms with Gasteiger partial charge in [0.15, 0.2) is 17.6 Å². The maximum absolute atomic E-state index is 12.5. The van der Waals surface area contributed by atoms with E-state index in [2.05, 4.69) is 12.2 Å². The minimum absolute atomic E-state index is 0.154. The summed E-state index contributed by atoms with van der Waals surface area (Å²) in [6.07, 6.45) is 0.278. The van der Waals surface area contributed by atoms with E-state index in [4.69, 9.17) is 14.2 Å². The smallest absolute Gasteiger partial charge is 0.261 e. The van der Waals surface area contributed by atoms with Crippen molar-refractivity contribution < 1.29 is 19.0 Å². The summed E-state index contributed by atoms with van der Waals surface area (Å²) in [4.78, 5) is 12.5. The zero-order valence-electron chi connectivity index (χ0n) is 15.5. The van der Waals surface area contributed by atoms with Gasteiger partial charge in [0.1, 0.15) is 19.0 Å². The van der Waals surface area contributed by atoms with E-state index >= 15 is 0 Å². The Balaban J connectivity index is 1.63. The van der Waals surface area contributed by atoms with Crippen LogP contribution in [-0.4, -0.2) is 25.2 Å². The number of benzene rings is 2. The largest absolute Gasteiger partial charge is 0.486 e. The van der Waals surface area contributed by atoms with Gasteiger partial charge in [-0.25, -0.2) is 0 Å². The fourth-order valence-electron chi connectivity index (χ4n) is 2.90. The van der Waals surface area contributed by atoms with Crippen molar-refractivity contribution in [3.05, 3.63) is 53.6 Å². The summed E-state index contributed by atoms with van der Waals surface area (Å²) < 4.78 is 17.0. The van der Waals surface area contributed by atoms with Gasteiger partial charge in [0.25, 0.3) is 5.91 Å². The number of para-hydroxylation sites is 1. The van der Waals surface area contributed by atoms with Gasteiger partial charge in [0, 0.05) is 0 Å². The molecule has 0 saturated heterocycles. The Morgan fingerprint density at radius 1 is 1.12 bits per heavy atom. The van der Waals surface area contributed by atoms with Crippen LogP contribution in [0.15, 0.2) is 42.5 Å². The van der Waals surface area contributed by atoms with Crippen molar-refractivity contribution in [2.45, 2.75) is 39.3 Å². The normalized spacial score (nSPS) is 15.0. The first-order valence-corrected chi connectivity index (χ1v) is 9.03. The lowest BCUT2D eigenvalue weighted by Gasteiger charge is -2.22. The molecular formula is C21H25NO4. The van der Waals surface area contributed by atoms with E-state index < -0.39 is 6.10 Å². The number of hydrogen-bond acceptors (Lipinski definition) is 4. The van der Waals surface area contributed by atoms with E-state index in [-0.39, 0.29) is 11.9 Å². The molecule has 0 bridgehead atoms. The zero-order chi connectivity index (χ0) is 18.5. The lowest BCUT2D eigenvalue weighted by Crippen LogP contribution is -2.38. The van der Waals surface area contributed by atoms with Gasteiger partial charge in [-0.1, -0.05) is 31.2 Å². The van der Waals surface area contributed by atoms with Crippen LogP contribution in [0.1, 0.15) is 37.9 Å². The Bertz CT molecular complexity index is 774. The quantitative estimate of drug-likeness (QED) is 0.859. The topological polar surface area (TPSA) is 56.8 Å². The number of aryl methyl sites for hydroxylation is 1. The number of hydrogen-bond donors (Lipinski definition) is 1. The van der Waals surface area contributed by atoms with Crippen molar-refractivity contribution in [3.63, 3.8) is 0 Å². The van der Waals surface area contributed by atoms with Crippen molar-refractivity contribution in [3.8, 4) is 17.2 Å². The van der Waals surface area contributed by atoms with Crippen molar-refractivity contribution in [2.24, 2.45) is 0 Å². The molecule has 138 valence electrons. The average Bonchev–Trinajstić information content (AvgIpc) is 2.67. The molecule has 1 N–H and O–H groups in total. The molecule has 2 aromatic rings. The first-order chi connectivity index (χ1) is 12.6.